The van der Waals surface area contributed by atoms with Crippen molar-refractivity contribution in [2.24, 2.45) is 4.40 Å². The third-order valence-corrected chi connectivity index (χ3v) is 7.47. The summed E-state index contributed by atoms with van der Waals surface area (Å²) in [6.07, 6.45) is 1.14. The lowest BCUT2D eigenvalue weighted by atomic mass is 10.2. The van der Waals surface area contributed by atoms with Gasteiger partial charge < -0.3 is 14.8 Å². The molecule has 0 spiro atoms. The van der Waals surface area contributed by atoms with Crippen LogP contribution in [0.2, 0.25) is 0 Å². The van der Waals surface area contributed by atoms with Gasteiger partial charge in [0.2, 0.25) is 0 Å². The van der Waals surface area contributed by atoms with Crippen LogP contribution in [0.15, 0.2) is 62.7 Å². The van der Waals surface area contributed by atoms with Gasteiger partial charge in [0.05, 0.1) is 11.4 Å². The standard InChI is InChI=1S/C24H24N4O6S3/c1-24(2,3)34-22(30)25-11-12-33-16-8-6-7-15(13-16)14-18-21(29)28(23(35)36-18)26-20-17-9-4-5-10-19(17)37(31,32)27-20/h4-10,13-14H,11-12H2,1-3H3,(H,25,30)(H,26,27). The molecule has 10 nitrogen and oxygen atoms in total. The summed E-state index contributed by atoms with van der Waals surface area (Å²) in [5.74, 6) is 0.145. The summed E-state index contributed by atoms with van der Waals surface area (Å²) in [4.78, 5) is 25.2. The molecule has 0 radical (unpaired) electrons. The first-order chi connectivity index (χ1) is 17.4. The van der Waals surface area contributed by atoms with Gasteiger partial charge in [-0.2, -0.15) is 13.4 Å². The van der Waals surface area contributed by atoms with Gasteiger partial charge in [-0.1, -0.05) is 36.0 Å². The number of thiocarbonyl (C=S) groups is 1. The lowest BCUT2D eigenvalue weighted by Crippen LogP contribution is -2.44. The number of hydrogen-bond donors (Lipinski definition) is 2. The van der Waals surface area contributed by atoms with E-state index in [1.54, 1.807) is 69.3 Å². The van der Waals surface area contributed by atoms with Gasteiger partial charge in [-0.15, -0.1) is 4.40 Å². The maximum absolute atomic E-state index is 13.0. The zero-order valence-electron chi connectivity index (χ0n) is 20.2. The molecule has 0 unspecified atom stereocenters. The number of hydrazine groups is 1. The zero-order chi connectivity index (χ0) is 26.8. The summed E-state index contributed by atoms with van der Waals surface area (Å²) in [7, 11) is -3.84. The fourth-order valence-corrected chi connectivity index (χ4v) is 5.69. The molecule has 0 aliphatic carbocycles. The highest BCUT2D eigenvalue weighted by Gasteiger charge is 2.36. The van der Waals surface area contributed by atoms with Crippen molar-refractivity contribution in [3.63, 3.8) is 0 Å². The summed E-state index contributed by atoms with van der Waals surface area (Å²) in [5, 5.41) is 3.72. The van der Waals surface area contributed by atoms with Crippen molar-refractivity contribution in [2.45, 2.75) is 31.3 Å². The van der Waals surface area contributed by atoms with Gasteiger partial charge in [0.25, 0.3) is 15.9 Å². The second-order valence-corrected chi connectivity index (χ2v) is 12.1. The van der Waals surface area contributed by atoms with Crippen molar-refractivity contribution in [2.75, 3.05) is 13.2 Å². The van der Waals surface area contributed by atoms with Crippen LogP contribution in [0, 0.1) is 0 Å². The highest BCUT2D eigenvalue weighted by Crippen LogP contribution is 2.33. The first-order valence-corrected chi connectivity index (χ1v) is 13.8. The van der Waals surface area contributed by atoms with Crippen LogP contribution in [0.1, 0.15) is 31.9 Å². The minimum atomic E-state index is -3.84. The number of rotatable bonds is 6. The van der Waals surface area contributed by atoms with Crippen LogP contribution in [-0.2, 0) is 19.6 Å². The van der Waals surface area contributed by atoms with Crippen LogP contribution in [0.25, 0.3) is 6.08 Å². The lowest BCUT2D eigenvalue weighted by Gasteiger charge is -2.19. The van der Waals surface area contributed by atoms with Crippen molar-refractivity contribution in [1.82, 2.24) is 15.8 Å². The second-order valence-electron chi connectivity index (χ2n) is 8.89. The fourth-order valence-electron chi connectivity index (χ4n) is 3.34. The van der Waals surface area contributed by atoms with Crippen molar-refractivity contribution in [3.05, 3.63) is 64.6 Å². The normalized spacial score (nSPS) is 17.4. The van der Waals surface area contributed by atoms with Gasteiger partial charge in [-0.25, -0.2) is 4.79 Å². The average Bonchev–Trinajstić information content (AvgIpc) is 3.23. The van der Waals surface area contributed by atoms with E-state index in [1.165, 1.54) is 6.07 Å². The lowest BCUT2D eigenvalue weighted by molar-refractivity contribution is -0.123. The van der Waals surface area contributed by atoms with Gasteiger partial charge in [-0.05, 0) is 68.9 Å². The number of carbonyl (C=O) groups excluding carboxylic acids is 2. The first kappa shape index (κ1) is 26.6. The van der Waals surface area contributed by atoms with E-state index in [-0.39, 0.29) is 28.2 Å². The molecule has 0 atom stereocenters. The van der Waals surface area contributed by atoms with Crippen LogP contribution >= 0.6 is 24.0 Å². The predicted octanol–water partition coefficient (Wildman–Crippen LogP) is 3.45. The Morgan fingerprint density at radius 2 is 1.95 bits per heavy atom. The molecule has 37 heavy (non-hydrogen) atoms. The summed E-state index contributed by atoms with van der Waals surface area (Å²) < 4.78 is 39.4. The Morgan fingerprint density at radius 3 is 2.70 bits per heavy atom. The monoisotopic (exact) mass is 560 g/mol. The maximum Gasteiger partial charge on any atom is 0.407 e. The molecule has 0 bridgehead atoms. The topological polar surface area (TPSA) is 126 Å². The Hall–Kier alpha value is -3.42. The number of carbonyl (C=O) groups is 2. The fraction of sp³-hybridized carbons (Fsp3) is 0.250. The molecule has 2 aliphatic rings. The Labute approximate surface area is 224 Å². The molecule has 2 aromatic rings. The van der Waals surface area contributed by atoms with E-state index in [9.17, 15) is 18.0 Å². The molecule has 4 rings (SSSR count). The van der Waals surface area contributed by atoms with E-state index in [0.717, 1.165) is 16.8 Å². The highest BCUT2D eigenvalue weighted by molar-refractivity contribution is 8.26. The van der Waals surface area contributed by atoms with Crippen molar-refractivity contribution < 1.29 is 27.5 Å². The summed E-state index contributed by atoms with van der Waals surface area (Å²) >= 11 is 6.42. The number of amidine groups is 1. The molecule has 13 heteroatoms. The van der Waals surface area contributed by atoms with Gasteiger partial charge in [0.15, 0.2) is 10.2 Å². The quantitative estimate of drug-likeness (QED) is 0.310. The van der Waals surface area contributed by atoms with Crippen LogP contribution < -0.4 is 15.5 Å². The number of benzene rings is 2. The Kier molecular flexibility index (Phi) is 7.57. The molecule has 2 aliphatic heterocycles. The van der Waals surface area contributed by atoms with E-state index in [2.05, 4.69) is 15.1 Å². The number of nitrogens with zero attached hydrogens (tertiary/aromatic N) is 2. The molecule has 0 aromatic heterocycles. The molecule has 2 amide bonds. The predicted molar refractivity (Wildman–Crippen MR) is 144 cm³/mol. The molecule has 1 fully saturated rings. The van der Waals surface area contributed by atoms with Crippen LogP contribution in [0.5, 0.6) is 5.75 Å². The van der Waals surface area contributed by atoms with E-state index < -0.39 is 27.6 Å². The zero-order valence-corrected chi connectivity index (χ0v) is 22.6. The Balaban J connectivity index is 1.39. The number of fused-ring (bicyclic) bond motifs is 1. The van der Waals surface area contributed by atoms with E-state index in [1.807, 2.05) is 0 Å². The largest absolute Gasteiger partial charge is 0.492 e. The number of ether oxygens (including phenoxy) is 2. The number of amides is 2. The Bertz CT molecular complexity index is 1430. The van der Waals surface area contributed by atoms with Gasteiger partial charge >= 0.3 is 6.09 Å². The molecule has 0 saturated carbocycles. The molecule has 1 saturated heterocycles. The van der Waals surface area contributed by atoms with E-state index in [0.29, 0.717) is 21.8 Å². The third-order valence-electron chi connectivity index (χ3n) is 4.84. The molecular formula is C24H24N4O6S3. The van der Waals surface area contributed by atoms with Crippen LogP contribution in [0.4, 0.5) is 4.79 Å². The van der Waals surface area contributed by atoms with Crippen LogP contribution in [0.3, 0.4) is 0 Å². The number of nitrogens with one attached hydrogen (secondary N) is 2. The number of alkyl carbamates (subject to hydrolysis) is 1. The minimum Gasteiger partial charge on any atom is -0.492 e. The third kappa shape index (κ3) is 6.48. The molecule has 2 aromatic carbocycles. The number of hydrogen-bond acceptors (Lipinski definition) is 9. The Morgan fingerprint density at radius 1 is 1.19 bits per heavy atom. The van der Waals surface area contributed by atoms with Crippen molar-refractivity contribution in [3.8, 4) is 5.75 Å². The minimum absolute atomic E-state index is 0.0311. The highest BCUT2D eigenvalue weighted by atomic mass is 32.2. The second kappa shape index (κ2) is 10.5. The van der Waals surface area contributed by atoms with E-state index >= 15 is 0 Å². The van der Waals surface area contributed by atoms with Gasteiger partial charge in [-0.3, -0.25) is 10.2 Å². The van der Waals surface area contributed by atoms with E-state index in [4.69, 9.17) is 21.7 Å². The molecular weight excluding hydrogens is 536 g/mol. The van der Waals surface area contributed by atoms with Gasteiger partial charge in [0.1, 0.15) is 22.9 Å². The van der Waals surface area contributed by atoms with Crippen molar-refractivity contribution >= 4 is 62.2 Å². The summed E-state index contributed by atoms with van der Waals surface area (Å²) in [6.45, 7) is 5.83. The van der Waals surface area contributed by atoms with Crippen LogP contribution in [-0.4, -0.2) is 54.3 Å². The smallest absolute Gasteiger partial charge is 0.407 e. The van der Waals surface area contributed by atoms with Crippen molar-refractivity contribution in [1.29, 1.82) is 0 Å². The molecule has 194 valence electrons. The average molecular weight is 561 g/mol. The number of thioether (sulfide) groups is 1. The molecule has 2 heterocycles. The molecule has 2 N–H and O–H groups in total. The SMILES string of the molecule is CC(C)(C)OC(=O)NCCOc1cccc(C=C2SC(=S)N(NC3=NS(=O)(=O)c4ccccc43)C2=O)c1. The summed E-state index contributed by atoms with van der Waals surface area (Å²) in [6, 6.07) is 13.4. The van der Waals surface area contributed by atoms with Gasteiger partial charge in [0, 0.05) is 5.56 Å². The number of sulfonamides is 1. The first-order valence-electron chi connectivity index (χ1n) is 11.1. The summed E-state index contributed by atoms with van der Waals surface area (Å²) in [5.41, 5.74) is 3.24. The maximum atomic E-state index is 13.0.